The summed E-state index contributed by atoms with van der Waals surface area (Å²) in [6.45, 7) is 12.2. The van der Waals surface area contributed by atoms with E-state index in [9.17, 15) is 0 Å². The van der Waals surface area contributed by atoms with Gasteiger partial charge < -0.3 is 10.1 Å². The predicted molar refractivity (Wildman–Crippen MR) is 90.2 cm³/mol. The van der Waals surface area contributed by atoms with Crippen LogP contribution in [0.5, 0.6) is 5.75 Å². The van der Waals surface area contributed by atoms with Crippen molar-refractivity contribution < 1.29 is 4.74 Å². The minimum atomic E-state index is 0.173. The maximum absolute atomic E-state index is 5.75. The van der Waals surface area contributed by atoms with Gasteiger partial charge in [-0.15, -0.1) is 0 Å². The minimum Gasteiger partial charge on any atom is -0.492 e. The van der Waals surface area contributed by atoms with E-state index in [0.29, 0.717) is 0 Å². The molecule has 2 rings (SSSR count). The van der Waals surface area contributed by atoms with E-state index in [2.05, 4.69) is 51.2 Å². The summed E-state index contributed by atoms with van der Waals surface area (Å²) >= 11 is 0. The van der Waals surface area contributed by atoms with Gasteiger partial charge in [-0.1, -0.05) is 46.2 Å². The van der Waals surface area contributed by atoms with Crippen LogP contribution in [0.1, 0.15) is 58.1 Å². The number of aryl methyl sites for hydroxylation is 1. The van der Waals surface area contributed by atoms with E-state index in [1.165, 1.54) is 36.8 Å². The molecule has 118 valence electrons. The van der Waals surface area contributed by atoms with Crippen LogP contribution in [0.25, 0.3) is 0 Å². The third-order valence-corrected chi connectivity index (χ3v) is 4.23. The third-order valence-electron chi connectivity index (χ3n) is 4.23. The second-order valence-electron chi connectivity index (χ2n) is 7.41. The van der Waals surface area contributed by atoms with E-state index in [4.69, 9.17) is 4.74 Å². The second kappa shape index (κ2) is 7.31. The zero-order valence-electron chi connectivity index (χ0n) is 14.2. The third kappa shape index (κ3) is 4.74. The topological polar surface area (TPSA) is 21.3 Å². The molecule has 0 aliphatic carbocycles. The van der Waals surface area contributed by atoms with Gasteiger partial charge in [-0.25, -0.2) is 0 Å². The van der Waals surface area contributed by atoms with Gasteiger partial charge in [-0.3, -0.25) is 0 Å². The van der Waals surface area contributed by atoms with Crippen LogP contribution >= 0.6 is 0 Å². The van der Waals surface area contributed by atoms with Crippen LogP contribution < -0.4 is 10.1 Å². The lowest BCUT2D eigenvalue weighted by Crippen LogP contribution is -2.20. The fourth-order valence-electron chi connectivity index (χ4n) is 2.87. The van der Waals surface area contributed by atoms with Crippen LogP contribution in [-0.4, -0.2) is 19.7 Å². The standard InChI is InChI=1S/C19H31NO/c1-15(2)13-20-11-7-5-6-8-16-9-10-18-17(12-16)19(3,4)14-21-18/h9-10,12,15,20H,5-8,11,13-14H2,1-4H3. The molecular formula is C19H31NO. The highest BCUT2D eigenvalue weighted by Gasteiger charge is 2.31. The molecule has 0 saturated heterocycles. The number of ether oxygens (including phenoxy) is 1. The maximum atomic E-state index is 5.75. The van der Waals surface area contributed by atoms with E-state index in [1.54, 1.807) is 0 Å². The summed E-state index contributed by atoms with van der Waals surface area (Å²) in [5.74, 6) is 1.84. The van der Waals surface area contributed by atoms with Crippen molar-refractivity contribution in [1.82, 2.24) is 5.32 Å². The predicted octanol–water partition coefficient (Wildman–Crippen LogP) is 4.32. The SMILES string of the molecule is CC(C)CNCCCCCc1ccc2c(c1)C(C)(C)CO2. The van der Waals surface area contributed by atoms with Gasteiger partial charge in [0, 0.05) is 11.0 Å². The molecule has 0 fully saturated rings. The number of nitrogens with one attached hydrogen (secondary N) is 1. The Morgan fingerprint density at radius 2 is 2.00 bits per heavy atom. The Kier molecular flexibility index (Phi) is 5.69. The van der Waals surface area contributed by atoms with Crippen molar-refractivity contribution in [3.8, 4) is 5.75 Å². The van der Waals surface area contributed by atoms with Crippen molar-refractivity contribution in [1.29, 1.82) is 0 Å². The Morgan fingerprint density at radius 1 is 1.19 bits per heavy atom. The molecule has 1 aromatic rings. The maximum Gasteiger partial charge on any atom is 0.123 e. The molecule has 0 unspecified atom stereocenters. The molecule has 0 atom stereocenters. The van der Waals surface area contributed by atoms with E-state index in [-0.39, 0.29) is 5.41 Å². The summed E-state index contributed by atoms with van der Waals surface area (Å²) in [4.78, 5) is 0. The lowest BCUT2D eigenvalue weighted by molar-refractivity contribution is 0.291. The summed E-state index contributed by atoms with van der Waals surface area (Å²) in [7, 11) is 0. The molecule has 1 N–H and O–H groups in total. The molecule has 1 aromatic carbocycles. The number of unbranched alkanes of at least 4 members (excludes halogenated alkanes) is 2. The molecule has 1 heterocycles. The Bertz CT molecular complexity index is 451. The van der Waals surface area contributed by atoms with Crippen molar-refractivity contribution in [2.75, 3.05) is 19.7 Å². The Labute approximate surface area is 130 Å². The minimum absolute atomic E-state index is 0.173. The molecule has 21 heavy (non-hydrogen) atoms. The molecule has 2 heteroatoms. The average molecular weight is 289 g/mol. The molecule has 1 aliphatic heterocycles. The fraction of sp³-hybridized carbons (Fsp3) is 0.684. The quantitative estimate of drug-likeness (QED) is 0.720. The van der Waals surface area contributed by atoms with Crippen LogP contribution in [0.3, 0.4) is 0 Å². The van der Waals surface area contributed by atoms with E-state index in [1.807, 2.05) is 0 Å². The number of hydrogen-bond donors (Lipinski definition) is 1. The molecule has 0 radical (unpaired) electrons. The van der Waals surface area contributed by atoms with Crippen molar-refractivity contribution in [3.05, 3.63) is 29.3 Å². The van der Waals surface area contributed by atoms with Crippen molar-refractivity contribution in [3.63, 3.8) is 0 Å². The molecule has 0 spiro atoms. The smallest absolute Gasteiger partial charge is 0.123 e. The summed E-state index contributed by atoms with van der Waals surface area (Å²) < 4.78 is 5.75. The number of hydrogen-bond acceptors (Lipinski definition) is 2. The Hall–Kier alpha value is -1.02. The first kappa shape index (κ1) is 16.4. The molecule has 1 aliphatic rings. The van der Waals surface area contributed by atoms with Crippen molar-refractivity contribution >= 4 is 0 Å². The van der Waals surface area contributed by atoms with Crippen LogP contribution in [0.2, 0.25) is 0 Å². The first-order chi connectivity index (χ1) is 9.99. The summed E-state index contributed by atoms with van der Waals surface area (Å²) in [6, 6.07) is 6.75. The number of benzene rings is 1. The molecule has 0 saturated carbocycles. The first-order valence-corrected chi connectivity index (χ1v) is 8.46. The van der Waals surface area contributed by atoms with Gasteiger partial charge in [0.05, 0.1) is 6.61 Å². The zero-order valence-corrected chi connectivity index (χ0v) is 14.2. The van der Waals surface area contributed by atoms with E-state index < -0.39 is 0 Å². The van der Waals surface area contributed by atoms with Crippen molar-refractivity contribution in [2.24, 2.45) is 5.92 Å². The Balaban J connectivity index is 1.70. The second-order valence-corrected chi connectivity index (χ2v) is 7.41. The van der Waals surface area contributed by atoms with Gasteiger partial charge in [0.25, 0.3) is 0 Å². The largest absolute Gasteiger partial charge is 0.492 e. The Morgan fingerprint density at radius 3 is 2.76 bits per heavy atom. The normalized spacial score (nSPS) is 16.0. The fourth-order valence-corrected chi connectivity index (χ4v) is 2.87. The van der Waals surface area contributed by atoms with Gasteiger partial charge in [0.2, 0.25) is 0 Å². The molecule has 2 nitrogen and oxygen atoms in total. The van der Waals surface area contributed by atoms with Gasteiger partial charge >= 0.3 is 0 Å². The zero-order chi connectivity index (χ0) is 15.3. The van der Waals surface area contributed by atoms with Gasteiger partial charge in [0.1, 0.15) is 5.75 Å². The summed E-state index contributed by atoms with van der Waals surface area (Å²) in [5, 5.41) is 3.51. The lowest BCUT2D eigenvalue weighted by Gasteiger charge is -2.15. The molecule has 0 amide bonds. The van der Waals surface area contributed by atoms with Crippen LogP contribution in [0, 0.1) is 5.92 Å². The van der Waals surface area contributed by atoms with Crippen molar-refractivity contribution in [2.45, 2.75) is 58.8 Å². The molecule has 0 bridgehead atoms. The van der Waals surface area contributed by atoms with Crippen LogP contribution in [0.4, 0.5) is 0 Å². The van der Waals surface area contributed by atoms with Gasteiger partial charge in [-0.2, -0.15) is 0 Å². The summed E-state index contributed by atoms with van der Waals surface area (Å²) in [5.41, 5.74) is 3.02. The van der Waals surface area contributed by atoms with Gasteiger partial charge in [-0.05, 0) is 49.9 Å². The number of fused-ring (bicyclic) bond motifs is 1. The van der Waals surface area contributed by atoms with E-state index >= 15 is 0 Å². The average Bonchev–Trinajstić information content (AvgIpc) is 2.73. The monoisotopic (exact) mass is 289 g/mol. The highest BCUT2D eigenvalue weighted by Crippen LogP contribution is 2.38. The lowest BCUT2D eigenvalue weighted by atomic mass is 9.86. The number of rotatable bonds is 8. The highest BCUT2D eigenvalue weighted by atomic mass is 16.5. The first-order valence-electron chi connectivity index (χ1n) is 8.46. The van der Waals surface area contributed by atoms with Crippen LogP contribution in [-0.2, 0) is 11.8 Å². The van der Waals surface area contributed by atoms with Gasteiger partial charge in [0.15, 0.2) is 0 Å². The van der Waals surface area contributed by atoms with Crippen LogP contribution in [0.15, 0.2) is 18.2 Å². The molecular weight excluding hydrogens is 258 g/mol. The molecule has 0 aromatic heterocycles. The summed E-state index contributed by atoms with van der Waals surface area (Å²) in [6.07, 6.45) is 5.06. The highest BCUT2D eigenvalue weighted by molar-refractivity contribution is 5.45. The van der Waals surface area contributed by atoms with E-state index in [0.717, 1.165) is 31.4 Å².